The standard InChI is InChI=1S/C64H116O6/c1-4-7-10-13-16-19-22-24-26-28-29-30-31-32-33-34-35-36-38-39-42-45-48-51-54-57-63(66)69-60-61(59-68-62(65)56-53-50-47-44-41-21-18-15-12-9-6-3)70-64(67)58-55-52-49-46-43-40-37-27-25-23-20-17-14-11-8-5-2/h15,18,22,24,27-29,37,61H,4-14,16-17,19-21,23,25-26,30-36,38-60H2,1-3H3/b18-15-,24-22-,29-28-,37-27-. The van der Waals surface area contributed by atoms with E-state index in [2.05, 4.69) is 69.4 Å². The third-order valence-electron chi connectivity index (χ3n) is 13.5. The summed E-state index contributed by atoms with van der Waals surface area (Å²) in [4.78, 5) is 38.1. The van der Waals surface area contributed by atoms with E-state index in [4.69, 9.17) is 14.2 Å². The molecule has 408 valence electrons. The first kappa shape index (κ1) is 67.4. The van der Waals surface area contributed by atoms with Crippen LogP contribution in [-0.4, -0.2) is 37.2 Å². The third kappa shape index (κ3) is 56.3. The predicted molar refractivity (Wildman–Crippen MR) is 302 cm³/mol. The van der Waals surface area contributed by atoms with E-state index in [1.807, 2.05) is 0 Å². The van der Waals surface area contributed by atoms with E-state index in [1.54, 1.807) is 0 Å². The number of esters is 3. The molecule has 0 saturated carbocycles. The molecule has 0 fully saturated rings. The molecule has 0 saturated heterocycles. The smallest absolute Gasteiger partial charge is 0.306 e. The summed E-state index contributed by atoms with van der Waals surface area (Å²) >= 11 is 0. The Balaban J connectivity index is 4.23. The van der Waals surface area contributed by atoms with Crippen molar-refractivity contribution < 1.29 is 28.6 Å². The summed E-state index contributed by atoms with van der Waals surface area (Å²) in [7, 11) is 0. The van der Waals surface area contributed by atoms with Gasteiger partial charge in [0.05, 0.1) is 0 Å². The molecule has 6 nitrogen and oxygen atoms in total. The first-order valence-electron chi connectivity index (χ1n) is 30.6. The molecule has 0 rings (SSSR count). The number of hydrogen-bond donors (Lipinski definition) is 0. The number of hydrogen-bond acceptors (Lipinski definition) is 6. The number of unbranched alkanes of at least 4 members (excludes halogenated alkanes) is 37. The van der Waals surface area contributed by atoms with Crippen LogP contribution in [0.25, 0.3) is 0 Å². The molecular formula is C64H116O6. The molecule has 0 amide bonds. The van der Waals surface area contributed by atoms with Crippen molar-refractivity contribution in [2.75, 3.05) is 13.2 Å². The Morgan fingerprint density at radius 1 is 0.286 bits per heavy atom. The molecule has 0 spiro atoms. The van der Waals surface area contributed by atoms with Gasteiger partial charge in [-0.25, -0.2) is 0 Å². The minimum absolute atomic E-state index is 0.0774. The topological polar surface area (TPSA) is 78.9 Å². The highest BCUT2D eigenvalue weighted by Gasteiger charge is 2.19. The van der Waals surface area contributed by atoms with E-state index in [1.165, 1.54) is 205 Å². The Hall–Kier alpha value is -2.63. The lowest BCUT2D eigenvalue weighted by Gasteiger charge is -2.18. The quantitative estimate of drug-likeness (QED) is 0.0261. The summed E-state index contributed by atoms with van der Waals surface area (Å²) in [5.74, 6) is -0.882. The summed E-state index contributed by atoms with van der Waals surface area (Å²) in [6, 6.07) is 0. The van der Waals surface area contributed by atoms with E-state index in [9.17, 15) is 14.4 Å². The van der Waals surface area contributed by atoms with E-state index in [-0.39, 0.29) is 31.1 Å². The predicted octanol–water partition coefficient (Wildman–Crippen LogP) is 20.6. The van der Waals surface area contributed by atoms with Crippen molar-refractivity contribution in [3.8, 4) is 0 Å². The van der Waals surface area contributed by atoms with Crippen LogP contribution in [0, 0.1) is 0 Å². The Bertz CT molecular complexity index is 1220. The zero-order valence-corrected chi connectivity index (χ0v) is 46.8. The van der Waals surface area contributed by atoms with Crippen LogP contribution in [0.2, 0.25) is 0 Å². The van der Waals surface area contributed by atoms with Crippen molar-refractivity contribution in [1.82, 2.24) is 0 Å². The Labute approximate surface area is 435 Å². The molecule has 0 aromatic rings. The molecule has 0 aromatic carbocycles. The molecule has 0 radical (unpaired) electrons. The van der Waals surface area contributed by atoms with Crippen molar-refractivity contribution in [3.63, 3.8) is 0 Å². The van der Waals surface area contributed by atoms with Gasteiger partial charge in [0, 0.05) is 19.3 Å². The van der Waals surface area contributed by atoms with Gasteiger partial charge < -0.3 is 14.2 Å². The molecular weight excluding hydrogens is 865 g/mol. The average molecular weight is 982 g/mol. The molecule has 0 aromatic heterocycles. The fourth-order valence-corrected chi connectivity index (χ4v) is 8.86. The van der Waals surface area contributed by atoms with Crippen LogP contribution in [0.4, 0.5) is 0 Å². The summed E-state index contributed by atoms with van der Waals surface area (Å²) < 4.78 is 16.9. The molecule has 0 N–H and O–H groups in total. The average Bonchev–Trinajstić information content (AvgIpc) is 3.36. The highest BCUT2D eigenvalue weighted by Crippen LogP contribution is 2.16. The fraction of sp³-hybridized carbons (Fsp3) is 0.828. The van der Waals surface area contributed by atoms with Crippen LogP contribution in [0.3, 0.4) is 0 Å². The lowest BCUT2D eigenvalue weighted by atomic mass is 10.0. The number of allylic oxidation sites excluding steroid dienone is 8. The lowest BCUT2D eigenvalue weighted by Crippen LogP contribution is -2.30. The Morgan fingerprint density at radius 2 is 0.529 bits per heavy atom. The van der Waals surface area contributed by atoms with Gasteiger partial charge in [-0.1, -0.05) is 256 Å². The van der Waals surface area contributed by atoms with Gasteiger partial charge >= 0.3 is 17.9 Å². The third-order valence-corrected chi connectivity index (χ3v) is 13.5. The molecule has 0 aliphatic carbocycles. The van der Waals surface area contributed by atoms with Crippen molar-refractivity contribution in [2.24, 2.45) is 0 Å². The maximum Gasteiger partial charge on any atom is 0.306 e. The molecule has 0 aliphatic heterocycles. The van der Waals surface area contributed by atoms with Crippen LogP contribution in [-0.2, 0) is 28.6 Å². The molecule has 70 heavy (non-hydrogen) atoms. The van der Waals surface area contributed by atoms with E-state index in [0.717, 1.165) is 77.0 Å². The Kier molecular flexibility index (Phi) is 56.7. The lowest BCUT2D eigenvalue weighted by molar-refractivity contribution is -0.167. The largest absolute Gasteiger partial charge is 0.462 e. The van der Waals surface area contributed by atoms with Gasteiger partial charge in [-0.2, -0.15) is 0 Å². The first-order valence-corrected chi connectivity index (χ1v) is 30.6. The van der Waals surface area contributed by atoms with Crippen LogP contribution >= 0.6 is 0 Å². The monoisotopic (exact) mass is 981 g/mol. The first-order chi connectivity index (χ1) is 34.5. The summed E-state index contributed by atoms with van der Waals surface area (Å²) in [5, 5.41) is 0. The van der Waals surface area contributed by atoms with Crippen LogP contribution in [0.5, 0.6) is 0 Å². The van der Waals surface area contributed by atoms with Gasteiger partial charge in [0.2, 0.25) is 0 Å². The van der Waals surface area contributed by atoms with Crippen molar-refractivity contribution in [2.45, 2.75) is 329 Å². The minimum Gasteiger partial charge on any atom is -0.462 e. The number of carbonyl (C=O) groups excluding carboxylic acids is 3. The van der Waals surface area contributed by atoms with Crippen molar-refractivity contribution in [1.29, 1.82) is 0 Å². The van der Waals surface area contributed by atoms with E-state index >= 15 is 0 Å². The molecule has 0 heterocycles. The van der Waals surface area contributed by atoms with Crippen molar-refractivity contribution >= 4 is 17.9 Å². The maximum atomic E-state index is 12.8. The molecule has 0 aliphatic rings. The maximum absolute atomic E-state index is 12.8. The summed E-state index contributed by atoms with van der Waals surface area (Å²) in [6.45, 7) is 6.61. The van der Waals surface area contributed by atoms with Gasteiger partial charge in [0.25, 0.3) is 0 Å². The van der Waals surface area contributed by atoms with Crippen LogP contribution < -0.4 is 0 Å². The van der Waals surface area contributed by atoms with Crippen LogP contribution in [0.1, 0.15) is 323 Å². The summed E-state index contributed by atoms with van der Waals surface area (Å²) in [6.07, 6.45) is 72.6. The second kappa shape index (κ2) is 58.9. The van der Waals surface area contributed by atoms with Gasteiger partial charge in [-0.3, -0.25) is 14.4 Å². The molecule has 0 bridgehead atoms. The van der Waals surface area contributed by atoms with Gasteiger partial charge in [-0.15, -0.1) is 0 Å². The zero-order valence-electron chi connectivity index (χ0n) is 46.8. The zero-order chi connectivity index (χ0) is 50.7. The highest BCUT2D eigenvalue weighted by molar-refractivity contribution is 5.71. The second-order valence-corrected chi connectivity index (χ2v) is 20.6. The fourth-order valence-electron chi connectivity index (χ4n) is 8.86. The molecule has 1 atom stereocenters. The highest BCUT2D eigenvalue weighted by atomic mass is 16.6. The normalized spacial score (nSPS) is 12.3. The van der Waals surface area contributed by atoms with Gasteiger partial charge in [0.15, 0.2) is 6.10 Å². The summed E-state index contributed by atoms with van der Waals surface area (Å²) in [5.41, 5.74) is 0. The number of rotatable bonds is 56. The van der Waals surface area contributed by atoms with Crippen LogP contribution in [0.15, 0.2) is 48.6 Å². The SMILES string of the molecule is CCCC/C=C\CCCCCCCC(=O)OCC(COC(=O)CCCCCCCCCCCCCCC/C=C\C/C=C\CCCCCCC)OC(=O)CCCCCCC/C=C\CCCCCCCCC. The van der Waals surface area contributed by atoms with Crippen molar-refractivity contribution in [3.05, 3.63) is 48.6 Å². The number of ether oxygens (including phenoxy) is 3. The number of carbonyl (C=O) groups is 3. The second-order valence-electron chi connectivity index (χ2n) is 20.6. The van der Waals surface area contributed by atoms with E-state index in [0.29, 0.717) is 19.3 Å². The van der Waals surface area contributed by atoms with Gasteiger partial charge in [-0.05, 0) is 96.3 Å². The van der Waals surface area contributed by atoms with E-state index < -0.39 is 6.10 Å². The minimum atomic E-state index is -0.779. The van der Waals surface area contributed by atoms with Gasteiger partial charge in [0.1, 0.15) is 13.2 Å². The Morgan fingerprint density at radius 3 is 0.843 bits per heavy atom. The molecule has 6 heteroatoms. The molecule has 1 unspecified atom stereocenters.